The number of nitrogens with zero attached hydrogens (tertiary/aromatic N) is 2. The minimum Gasteiger partial charge on any atom is -0.326 e. The van der Waals surface area contributed by atoms with Gasteiger partial charge < -0.3 is 10.3 Å². The number of rotatable bonds is 4. The van der Waals surface area contributed by atoms with Crippen molar-refractivity contribution in [2.24, 2.45) is 11.7 Å². The summed E-state index contributed by atoms with van der Waals surface area (Å²) in [7, 11) is 0. The highest BCUT2D eigenvalue weighted by Gasteiger charge is 2.13. The highest BCUT2D eigenvalue weighted by atomic mass is 15.1. The normalized spacial score (nSPS) is 11.4. The molecule has 0 radical (unpaired) electrons. The molecule has 3 rings (SSSR count). The summed E-state index contributed by atoms with van der Waals surface area (Å²) < 4.78 is 2.32. The van der Waals surface area contributed by atoms with E-state index in [1.807, 2.05) is 6.07 Å². The van der Waals surface area contributed by atoms with Crippen LogP contribution in [0.25, 0.3) is 22.4 Å². The first-order valence-electron chi connectivity index (χ1n) is 7.43. The van der Waals surface area contributed by atoms with Crippen LogP contribution < -0.4 is 5.73 Å². The molecule has 3 aromatic rings. The van der Waals surface area contributed by atoms with Gasteiger partial charge in [-0.1, -0.05) is 50.2 Å². The van der Waals surface area contributed by atoms with E-state index in [0.29, 0.717) is 12.5 Å². The fraction of sp³-hybridized carbons (Fsp3) is 0.278. The molecule has 0 unspecified atom stereocenters. The molecule has 21 heavy (non-hydrogen) atoms. The van der Waals surface area contributed by atoms with Gasteiger partial charge in [-0.3, -0.25) is 0 Å². The molecule has 1 aromatic heterocycles. The van der Waals surface area contributed by atoms with Gasteiger partial charge in [-0.2, -0.15) is 0 Å². The molecule has 0 fully saturated rings. The van der Waals surface area contributed by atoms with Crippen molar-refractivity contribution in [1.82, 2.24) is 9.55 Å². The molecule has 0 aliphatic carbocycles. The Morgan fingerprint density at radius 1 is 1.10 bits per heavy atom. The monoisotopic (exact) mass is 279 g/mol. The Labute approximate surface area is 125 Å². The van der Waals surface area contributed by atoms with Crippen molar-refractivity contribution in [2.75, 3.05) is 0 Å². The Morgan fingerprint density at radius 3 is 2.52 bits per heavy atom. The number of imidazole rings is 1. The van der Waals surface area contributed by atoms with E-state index in [9.17, 15) is 0 Å². The number of fused-ring (bicyclic) bond motifs is 1. The maximum atomic E-state index is 5.74. The van der Waals surface area contributed by atoms with Crippen molar-refractivity contribution in [3.8, 4) is 11.4 Å². The lowest BCUT2D eigenvalue weighted by atomic mass is 10.1. The number of aromatic nitrogens is 2. The van der Waals surface area contributed by atoms with Crippen LogP contribution in [-0.4, -0.2) is 9.55 Å². The molecular weight excluding hydrogens is 258 g/mol. The zero-order valence-electron chi connectivity index (χ0n) is 12.6. The first kappa shape index (κ1) is 13.8. The summed E-state index contributed by atoms with van der Waals surface area (Å²) in [6.45, 7) is 5.97. The molecule has 0 atom stereocenters. The first-order chi connectivity index (χ1) is 10.2. The van der Waals surface area contributed by atoms with Crippen molar-refractivity contribution in [2.45, 2.75) is 26.9 Å². The van der Waals surface area contributed by atoms with Crippen LogP contribution in [0.5, 0.6) is 0 Å². The zero-order valence-corrected chi connectivity index (χ0v) is 12.6. The van der Waals surface area contributed by atoms with E-state index in [2.05, 4.69) is 60.9 Å². The summed E-state index contributed by atoms with van der Waals surface area (Å²) in [5.41, 5.74) is 10.2. The third-order valence-corrected chi connectivity index (χ3v) is 3.63. The van der Waals surface area contributed by atoms with Crippen LogP contribution in [0, 0.1) is 5.92 Å². The molecular formula is C18H21N3. The van der Waals surface area contributed by atoms with Gasteiger partial charge in [0, 0.05) is 18.7 Å². The lowest BCUT2D eigenvalue weighted by Gasteiger charge is -2.12. The predicted molar refractivity (Wildman–Crippen MR) is 87.9 cm³/mol. The van der Waals surface area contributed by atoms with Gasteiger partial charge in [0.25, 0.3) is 0 Å². The maximum Gasteiger partial charge on any atom is 0.141 e. The fourth-order valence-corrected chi connectivity index (χ4v) is 2.66. The van der Waals surface area contributed by atoms with Crippen LogP contribution in [0.1, 0.15) is 19.4 Å². The summed E-state index contributed by atoms with van der Waals surface area (Å²) in [6.07, 6.45) is 0. The van der Waals surface area contributed by atoms with Crippen molar-refractivity contribution in [3.63, 3.8) is 0 Å². The summed E-state index contributed by atoms with van der Waals surface area (Å²) in [6, 6.07) is 16.7. The topological polar surface area (TPSA) is 43.8 Å². The van der Waals surface area contributed by atoms with E-state index in [-0.39, 0.29) is 0 Å². The Morgan fingerprint density at radius 2 is 1.86 bits per heavy atom. The van der Waals surface area contributed by atoms with Crippen LogP contribution >= 0.6 is 0 Å². The van der Waals surface area contributed by atoms with Crippen molar-refractivity contribution >= 4 is 11.0 Å². The van der Waals surface area contributed by atoms with Gasteiger partial charge in [0.2, 0.25) is 0 Å². The average molecular weight is 279 g/mol. The minimum atomic E-state index is 0.549. The quantitative estimate of drug-likeness (QED) is 0.789. The molecule has 0 spiro atoms. The summed E-state index contributed by atoms with van der Waals surface area (Å²) >= 11 is 0. The number of nitrogens with two attached hydrogens (primary N) is 1. The van der Waals surface area contributed by atoms with Crippen molar-refractivity contribution < 1.29 is 0 Å². The molecule has 2 N–H and O–H groups in total. The number of hydrogen-bond donors (Lipinski definition) is 1. The molecule has 1 heterocycles. The van der Waals surface area contributed by atoms with Gasteiger partial charge >= 0.3 is 0 Å². The van der Waals surface area contributed by atoms with E-state index >= 15 is 0 Å². The van der Waals surface area contributed by atoms with Gasteiger partial charge in [0.15, 0.2) is 0 Å². The Kier molecular flexibility index (Phi) is 3.76. The van der Waals surface area contributed by atoms with E-state index < -0.39 is 0 Å². The molecule has 0 aliphatic heterocycles. The smallest absolute Gasteiger partial charge is 0.141 e. The van der Waals surface area contributed by atoms with Crippen molar-refractivity contribution in [3.05, 3.63) is 54.1 Å². The average Bonchev–Trinajstić information content (AvgIpc) is 2.85. The molecule has 2 aromatic carbocycles. The van der Waals surface area contributed by atoms with Gasteiger partial charge in [-0.15, -0.1) is 0 Å². The number of hydrogen-bond acceptors (Lipinski definition) is 2. The molecule has 0 aliphatic rings. The van der Waals surface area contributed by atoms with E-state index in [1.54, 1.807) is 0 Å². The van der Waals surface area contributed by atoms with Gasteiger partial charge in [0.1, 0.15) is 5.82 Å². The highest BCUT2D eigenvalue weighted by Crippen LogP contribution is 2.26. The predicted octanol–water partition coefficient (Wildman–Crippen LogP) is 3.82. The highest BCUT2D eigenvalue weighted by molar-refractivity contribution is 5.81. The van der Waals surface area contributed by atoms with Gasteiger partial charge in [-0.25, -0.2) is 4.98 Å². The van der Waals surface area contributed by atoms with Gasteiger partial charge in [-0.05, 0) is 23.6 Å². The fourth-order valence-electron chi connectivity index (χ4n) is 2.66. The molecule has 0 saturated heterocycles. The van der Waals surface area contributed by atoms with Gasteiger partial charge in [0.05, 0.1) is 11.0 Å². The molecule has 0 saturated carbocycles. The molecule has 0 amide bonds. The van der Waals surface area contributed by atoms with E-state index in [1.165, 1.54) is 5.52 Å². The second kappa shape index (κ2) is 5.70. The molecule has 3 nitrogen and oxygen atoms in total. The van der Waals surface area contributed by atoms with E-state index in [4.69, 9.17) is 10.7 Å². The van der Waals surface area contributed by atoms with Crippen LogP contribution in [-0.2, 0) is 13.1 Å². The standard InChI is InChI=1S/C18H21N3/c1-13(2)12-21-17-9-8-14(11-19)10-16(17)20-18(21)15-6-4-3-5-7-15/h3-10,13H,11-12,19H2,1-2H3. The number of benzene rings is 2. The Bertz CT molecular complexity index is 742. The van der Waals surface area contributed by atoms with E-state index in [0.717, 1.165) is 29.0 Å². The zero-order chi connectivity index (χ0) is 14.8. The van der Waals surface area contributed by atoms with Crippen LogP contribution in [0.15, 0.2) is 48.5 Å². The van der Waals surface area contributed by atoms with Crippen molar-refractivity contribution in [1.29, 1.82) is 0 Å². The largest absolute Gasteiger partial charge is 0.326 e. The lowest BCUT2D eigenvalue weighted by molar-refractivity contribution is 0.536. The first-order valence-corrected chi connectivity index (χ1v) is 7.43. The SMILES string of the molecule is CC(C)Cn1c(-c2ccccc2)nc2cc(CN)ccc21. The third kappa shape index (κ3) is 2.69. The molecule has 108 valence electrons. The van der Waals surface area contributed by atoms with Crippen LogP contribution in [0.3, 0.4) is 0 Å². The molecule has 3 heteroatoms. The second-order valence-corrected chi connectivity index (χ2v) is 5.83. The minimum absolute atomic E-state index is 0.549. The summed E-state index contributed by atoms with van der Waals surface area (Å²) in [5, 5.41) is 0. The maximum absolute atomic E-state index is 5.74. The van der Waals surface area contributed by atoms with Crippen LogP contribution in [0.4, 0.5) is 0 Å². The molecule has 0 bridgehead atoms. The Balaban J connectivity index is 2.22. The van der Waals surface area contributed by atoms with Crippen LogP contribution in [0.2, 0.25) is 0 Å². The Hall–Kier alpha value is -2.13. The summed E-state index contributed by atoms with van der Waals surface area (Å²) in [4.78, 5) is 4.85. The summed E-state index contributed by atoms with van der Waals surface area (Å²) in [5.74, 6) is 1.60. The lowest BCUT2D eigenvalue weighted by Crippen LogP contribution is -2.06. The second-order valence-electron chi connectivity index (χ2n) is 5.83. The third-order valence-electron chi connectivity index (χ3n) is 3.63.